The van der Waals surface area contributed by atoms with Crippen molar-refractivity contribution in [3.63, 3.8) is 0 Å². The summed E-state index contributed by atoms with van der Waals surface area (Å²) in [5.74, 6) is 0.169. The van der Waals surface area contributed by atoms with Crippen molar-refractivity contribution in [1.82, 2.24) is 0 Å². The van der Waals surface area contributed by atoms with Gasteiger partial charge in [0.15, 0.2) is 6.61 Å². The molecular weight excluding hydrogens is 336 g/mol. The van der Waals surface area contributed by atoms with Crippen LogP contribution in [-0.2, 0) is 14.4 Å². The molecule has 1 heterocycles. The number of fused-ring (bicyclic) bond motifs is 1. The van der Waals surface area contributed by atoms with Crippen molar-refractivity contribution in [2.45, 2.75) is 13.3 Å². The fourth-order valence-corrected chi connectivity index (χ4v) is 2.59. The summed E-state index contributed by atoms with van der Waals surface area (Å²) < 4.78 is 10.6. The van der Waals surface area contributed by atoms with Gasteiger partial charge in [0.05, 0.1) is 12.1 Å². The number of benzene rings is 2. The van der Waals surface area contributed by atoms with Crippen molar-refractivity contribution >= 4 is 29.2 Å². The lowest BCUT2D eigenvalue weighted by atomic mass is 10.2. The van der Waals surface area contributed by atoms with Gasteiger partial charge in [-0.25, -0.2) is 0 Å². The summed E-state index contributed by atoms with van der Waals surface area (Å²) in [6.45, 7) is 1.58. The highest BCUT2D eigenvalue weighted by atomic mass is 16.5. The highest BCUT2D eigenvalue weighted by Gasteiger charge is 2.25. The Bertz CT molecular complexity index is 832. The van der Waals surface area contributed by atoms with E-state index in [1.165, 1.54) is 11.8 Å². The molecule has 0 radical (unpaired) electrons. The second-order valence-electron chi connectivity index (χ2n) is 5.73. The molecule has 0 bridgehead atoms. The molecule has 7 heteroatoms. The van der Waals surface area contributed by atoms with Crippen LogP contribution in [-0.4, -0.2) is 30.9 Å². The highest BCUT2D eigenvalue weighted by Crippen LogP contribution is 2.31. The highest BCUT2D eigenvalue weighted by molar-refractivity contribution is 5.98. The molecule has 0 aliphatic carbocycles. The monoisotopic (exact) mass is 354 g/mol. The molecule has 7 nitrogen and oxygen atoms in total. The first-order valence-corrected chi connectivity index (χ1v) is 8.13. The molecule has 0 atom stereocenters. The Hall–Kier alpha value is -3.35. The zero-order valence-electron chi connectivity index (χ0n) is 14.2. The van der Waals surface area contributed by atoms with Crippen molar-refractivity contribution in [2.75, 3.05) is 23.4 Å². The van der Waals surface area contributed by atoms with E-state index in [1.54, 1.807) is 36.4 Å². The Morgan fingerprint density at radius 1 is 1.15 bits per heavy atom. The minimum atomic E-state index is -0.450. The predicted octanol–water partition coefficient (Wildman–Crippen LogP) is 2.37. The summed E-state index contributed by atoms with van der Waals surface area (Å²) in [5.41, 5.74) is 1.27. The zero-order chi connectivity index (χ0) is 18.5. The first-order valence-electron chi connectivity index (χ1n) is 8.13. The number of nitrogens with zero attached hydrogens (tertiary/aromatic N) is 1. The molecule has 1 aliphatic heterocycles. The third-order valence-electron chi connectivity index (χ3n) is 3.75. The fraction of sp³-hybridized carbons (Fsp3) is 0.211. The van der Waals surface area contributed by atoms with E-state index in [4.69, 9.17) is 9.47 Å². The van der Waals surface area contributed by atoms with Crippen LogP contribution in [0.15, 0.2) is 48.5 Å². The van der Waals surface area contributed by atoms with Gasteiger partial charge in [-0.15, -0.1) is 0 Å². The first kappa shape index (κ1) is 17.5. The molecule has 2 aromatic rings. The number of nitrogens with one attached hydrogen (secondary N) is 1. The van der Waals surface area contributed by atoms with Gasteiger partial charge in [0, 0.05) is 19.2 Å². The van der Waals surface area contributed by atoms with Gasteiger partial charge < -0.3 is 19.7 Å². The van der Waals surface area contributed by atoms with E-state index in [-0.39, 0.29) is 31.4 Å². The molecule has 2 aromatic carbocycles. The maximum Gasteiger partial charge on any atom is 0.312 e. The van der Waals surface area contributed by atoms with E-state index in [0.717, 1.165) is 0 Å². The summed E-state index contributed by atoms with van der Waals surface area (Å²) in [6, 6.07) is 13.7. The molecule has 0 saturated heterocycles. The Labute approximate surface area is 150 Å². The molecular formula is C19H18N2O5. The average molecular weight is 354 g/mol. The van der Waals surface area contributed by atoms with Crippen LogP contribution >= 0.6 is 0 Å². The number of ether oxygens (including phenoxy) is 2. The van der Waals surface area contributed by atoms with E-state index >= 15 is 0 Å². The van der Waals surface area contributed by atoms with Crippen LogP contribution < -0.4 is 19.7 Å². The van der Waals surface area contributed by atoms with Gasteiger partial charge >= 0.3 is 5.97 Å². The van der Waals surface area contributed by atoms with E-state index in [2.05, 4.69) is 5.32 Å². The van der Waals surface area contributed by atoms with Crippen LogP contribution in [0.3, 0.4) is 0 Å². The maximum atomic E-state index is 12.1. The maximum absolute atomic E-state index is 12.1. The average Bonchev–Trinajstić information content (AvgIpc) is 2.62. The molecule has 2 amide bonds. The van der Waals surface area contributed by atoms with Gasteiger partial charge in [0.25, 0.3) is 5.91 Å². The largest absolute Gasteiger partial charge is 0.482 e. The summed E-state index contributed by atoms with van der Waals surface area (Å²) in [7, 11) is 0. The number of carbonyl (C=O) groups excluding carboxylic acids is 3. The van der Waals surface area contributed by atoms with Gasteiger partial charge in [-0.2, -0.15) is 0 Å². The van der Waals surface area contributed by atoms with Crippen LogP contribution in [0, 0.1) is 0 Å². The van der Waals surface area contributed by atoms with E-state index in [1.807, 2.05) is 12.1 Å². The molecule has 0 fully saturated rings. The number of para-hydroxylation sites is 2. The lowest BCUT2D eigenvalue weighted by Gasteiger charge is -2.28. The van der Waals surface area contributed by atoms with Gasteiger partial charge in [-0.3, -0.25) is 14.4 Å². The standard InChI is InChI=1S/C19H18N2O5/c1-13(22)20-14-6-8-15(9-7-14)26-19(24)10-11-21-16-4-2-3-5-17(16)25-12-18(21)23/h2-9H,10-12H2,1H3,(H,20,22). The molecule has 1 aliphatic rings. The molecule has 26 heavy (non-hydrogen) atoms. The Morgan fingerprint density at radius 3 is 2.62 bits per heavy atom. The summed E-state index contributed by atoms with van der Waals surface area (Å²) in [4.78, 5) is 36.7. The Balaban J connectivity index is 1.57. The number of amides is 2. The van der Waals surface area contributed by atoms with Crippen LogP contribution in [0.4, 0.5) is 11.4 Å². The second-order valence-corrected chi connectivity index (χ2v) is 5.73. The number of rotatable bonds is 5. The van der Waals surface area contributed by atoms with Crippen molar-refractivity contribution in [1.29, 1.82) is 0 Å². The molecule has 0 spiro atoms. The third kappa shape index (κ3) is 4.18. The Morgan fingerprint density at radius 2 is 1.88 bits per heavy atom. The van der Waals surface area contributed by atoms with Gasteiger partial charge in [-0.05, 0) is 36.4 Å². The second kappa shape index (κ2) is 7.69. The fourth-order valence-electron chi connectivity index (χ4n) is 2.59. The number of anilines is 2. The Kier molecular flexibility index (Phi) is 5.17. The normalized spacial score (nSPS) is 12.8. The van der Waals surface area contributed by atoms with E-state index in [0.29, 0.717) is 22.9 Å². The van der Waals surface area contributed by atoms with Crippen LogP contribution in [0.5, 0.6) is 11.5 Å². The summed E-state index contributed by atoms with van der Waals surface area (Å²) in [6.07, 6.45) is 0.0491. The van der Waals surface area contributed by atoms with Crippen molar-refractivity contribution in [2.24, 2.45) is 0 Å². The SMILES string of the molecule is CC(=O)Nc1ccc(OC(=O)CCN2C(=O)COc3ccccc32)cc1. The minimum absolute atomic E-state index is 0.0450. The van der Waals surface area contributed by atoms with Gasteiger partial charge in [0.2, 0.25) is 5.91 Å². The molecule has 134 valence electrons. The molecule has 0 saturated carbocycles. The molecule has 0 aromatic heterocycles. The number of hydrogen-bond acceptors (Lipinski definition) is 5. The number of esters is 1. The summed E-state index contributed by atoms with van der Waals surface area (Å²) in [5, 5.41) is 2.63. The van der Waals surface area contributed by atoms with Crippen LogP contribution in [0.2, 0.25) is 0 Å². The smallest absolute Gasteiger partial charge is 0.312 e. The number of hydrogen-bond donors (Lipinski definition) is 1. The van der Waals surface area contributed by atoms with Crippen molar-refractivity contribution < 1.29 is 23.9 Å². The minimum Gasteiger partial charge on any atom is -0.482 e. The van der Waals surface area contributed by atoms with Crippen LogP contribution in [0.1, 0.15) is 13.3 Å². The molecule has 3 rings (SSSR count). The van der Waals surface area contributed by atoms with Gasteiger partial charge in [-0.1, -0.05) is 12.1 Å². The van der Waals surface area contributed by atoms with Crippen LogP contribution in [0.25, 0.3) is 0 Å². The zero-order valence-corrected chi connectivity index (χ0v) is 14.2. The first-order chi connectivity index (χ1) is 12.5. The lowest BCUT2D eigenvalue weighted by Crippen LogP contribution is -2.40. The predicted molar refractivity (Wildman–Crippen MR) is 95.3 cm³/mol. The molecule has 1 N–H and O–H groups in total. The van der Waals surface area contributed by atoms with E-state index in [9.17, 15) is 14.4 Å². The summed E-state index contributed by atoms with van der Waals surface area (Å²) >= 11 is 0. The number of carbonyl (C=O) groups is 3. The topological polar surface area (TPSA) is 84.9 Å². The van der Waals surface area contributed by atoms with Gasteiger partial charge in [0.1, 0.15) is 11.5 Å². The van der Waals surface area contributed by atoms with Crippen molar-refractivity contribution in [3.8, 4) is 11.5 Å². The molecule has 0 unspecified atom stereocenters. The van der Waals surface area contributed by atoms with E-state index < -0.39 is 5.97 Å². The quantitative estimate of drug-likeness (QED) is 0.658. The third-order valence-corrected chi connectivity index (χ3v) is 3.75. The lowest BCUT2D eigenvalue weighted by molar-refractivity contribution is -0.134. The van der Waals surface area contributed by atoms with Crippen molar-refractivity contribution in [3.05, 3.63) is 48.5 Å².